The van der Waals surface area contributed by atoms with Crippen molar-refractivity contribution in [1.29, 1.82) is 0 Å². The largest absolute Gasteiger partial charge is 0.341 e. The second-order valence-corrected chi connectivity index (χ2v) is 6.73. The highest BCUT2D eigenvalue weighted by molar-refractivity contribution is 7.89. The number of amides is 1. The Kier molecular flexibility index (Phi) is 4.44. The molecular formula is C12H20N4O3S. The van der Waals surface area contributed by atoms with E-state index in [0.717, 1.165) is 0 Å². The van der Waals surface area contributed by atoms with Gasteiger partial charge in [0.05, 0.1) is 6.20 Å². The summed E-state index contributed by atoms with van der Waals surface area (Å²) in [7, 11) is -3.54. The second-order valence-electron chi connectivity index (χ2n) is 4.82. The molecule has 1 aromatic heterocycles. The zero-order chi connectivity index (χ0) is 14.8. The summed E-state index contributed by atoms with van der Waals surface area (Å²) in [5.74, 6) is 0.641. The molecule has 1 aromatic rings. The van der Waals surface area contributed by atoms with Crippen LogP contribution in [0, 0.1) is 6.92 Å². The van der Waals surface area contributed by atoms with Gasteiger partial charge in [-0.05, 0) is 13.3 Å². The Labute approximate surface area is 119 Å². The first-order valence-electron chi connectivity index (χ1n) is 6.74. The first kappa shape index (κ1) is 15.0. The smallest absolute Gasteiger partial charge is 0.260 e. The van der Waals surface area contributed by atoms with Gasteiger partial charge in [-0.15, -0.1) is 0 Å². The van der Waals surface area contributed by atoms with Crippen molar-refractivity contribution in [2.75, 3.05) is 26.2 Å². The fraction of sp³-hybridized carbons (Fsp3) is 0.667. The van der Waals surface area contributed by atoms with Crippen molar-refractivity contribution in [1.82, 2.24) is 19.2 Å². The lowest BCUT2D eigenvalue weighted by Gasteiger charge is -2.21. The van der Waals surface area contributed by atoms with Gasteiger partial charge in [0.15, 0.2) is 5.03 Å². The number of aryl methyl sites for hydroxylation is 1. The van der Waals surface area contributed by atoms with Gasteiger partial charge in [-0.1, -0.05) is 6.92 Å². The van der Waals surface area contributed by atoms with Gasteiger partial charge in [-0.2, -0.15) is 4.31 Å². The first-order chi connectivity index (χ1) is 9.45. The van der Waals surface area contributed by atoms with Crippen LogP contribution in [0.5, 0.6) is 0 Å². The number of imidazole rings is 1. The number of aromatic nitrogens is 2. The average molecular weight is 300 g/mol. The van der Waals surface area contributed by atoms with Crippen molar-refractivity contribution in [3.8, 4) is 0 Å². The standard InChI is InChI=1S/C12H20N4O3S/c1-3-12(17)15-5-4-6-16(8-7-15)20(18,19)11-9-13-10(2)14-11/h9H,3-8H2,1-2H3,(H,13,14). The predicted molar refractivity (Wildman–Crippen MR) is 73.6 cm³/mol. The molecule has 20 heavy (non-hydrogen) atoms. The van der Waals surface area contributed by atoms with Crippen LogP contribution in [0.4, 0.5) is 0 Å². The quantitative estimate of drug-likeness (QED) is 0.872. The van der Waals surface area contributed by atoms with Gasteiger partial charge < -0.3 is 9.88 Å². The molecule has 7 nitrogen and oxygen atoms in total. The van der Waals surface area contributed by atoms with Crippen LogP contribution in [0.25, 0.3) is 0 Å². The number of sulfonamides is 1. The molecule has 8 heteroatoms. The molecule has 0 unspecified atom stereocenters. The van der Waals surface area contributed by atoms with Gasteiger partial charge in [-0.25, -0.2) is 13.4 Å². The van der Waals surface area contributed by atoms with Crippen LogP contribution >= 0.6 is 0 Å². The van der Waals surface area contributed by atoms with E-state index in [1.54, 1.807) is 11.8 Å². The summed E-state index contributed by atoms with van der Waals surface area (Å²) in [6, 6.07) is 0. The van der Waals surface area contributed by atoms with Crippen LogP contribution in [0.15, 0.2) is 11.2 Å². The number of nitrogens with zero attached hydrogens (tertiary/aromatic N) is 3. The molecule has 1 N–H and O–H groups in total. The monoisotopic (exact) mass is 300 g/mol. The maximum Gasteiger partial charge on any atom is 0.260 e. The molecule has 1 fully saturated rings. The Balaban J connectivity index is 2.12. The van der Waals surface area contributed by atoms with E-state index in [0.29, 0.717) is 44.8 Å². The average Bonchev–Trinajstić information content (AvgIpc) is 2.72. The minimum Gasteiger partial charge on any atom is -0.341 e. The van der Waals surface area contributed by atoms with Crippen molar-refractivity contribution in [3.63, 3.8) is 0 Å². The lowest BCUT2D eigenvalue weighted by Crippen LogP contribution is -2.37. The molecule has 112 valence electrons. The third-order valence-electron chi connectivity index (χ3n) is 3.41. The molecule has 1 aliphatic rings. The van der Waals surface area contributed by atoms with Crippen molar-refractivity contribution in [3.05, 3.63) is 12.0 Å². The van der Waals surface area contributed by atoms with E-state index in [2.05, 4.69) is 9.97 Å². The maximum atomic E-state index is 12.5. The third kappa shape index (κ3) is 3.01. The Bertz CT molecular complexity index is 581. The van der Waals surface area contributed by atoms with Gasteiger partial charge in [0.2, 0.25) is 5.91 Å². The zero-order valence-corrected chi connectivity index (χ0v) is 12.6. The number of hydrogen-bond donors (Lipinski definition) is 1. The molecule has 0 atom stereocenters. The highest BCUT2D eigenvalue weighted by atomic mass is 32.2. The van der Waals surface area contributed by atoms with Crippen molar-refractivity contribution < 1.29 is 13.2 Å². The van der Waals surface area contributed by atoms with Crippen molar-refractivity contribution >= 4 is 15.9 Å². The van der Waals surface area contributed by atoms with Gasteiger partial charge in [0, 0.05) is 32.6 Å². The minimum atomic E-state index is -3.54. The summed E-state index contributed by atoms with van der Waals surface area (Å²) in [6.45, 7) is 5.33. The van der Waals surface area contributed by atoms with Gasteiger partial charge >= 0.3 is 0 Å². The van der Waals surface area contributed by atoms with Crippen molar-refractivity contribution in [2.45, 2.75) is 31.7 Å². The highest BCUT2D eigenvalue weighted by Crippen LogP contribution is 2.16. The topological polar surface area (TPSA) is 86.4 Å². The fourth-order valence-corrected chi connectivity index (χ4v) is 3.71. The molecule has 1 aliphatic heterocycles. The lowest BCUT2D eigenvalue weighted by atomic mass is 10.3. The molecular weight excluding hydrogens is 280 g/mol. The Morgan fingerprint density at radius 3 is 2.70 bits per heavy atom. The normalized spacial score (nSPS) is 18.0. The maximum absolute atomic E-state index is 12.5. The molecule has 1 amide bonds. The summed E-state index contributed by atoms with van der Waals surface area (Å²) < 4.78 is 26.3. The summed E-state index contributed by atoms with van der Waals surface area (Å²) in [4.78, 5) is 20.1. The first-order valence-corrected chi connectivity index (χ1v) is 8.18. The number of hydrogen-bond acceptors (Lipinski definition) is 4. The van der Waals surface area contributed by atoms with E-state index in [1.807, 2.05) is 6.92 Å². The summed E-state index contributed by atoms with van der Waals surface area (Å²) in [5.41, 5.74) is 0. The van der Waals surface area contributed by atoms with Crippen LogP contribution in [-0.4, -0.2) is 59.7 Å². The third-order valence-corrected chi connectivity index (χ3v) is 5.22. The molecule has 2 heterocycles. The van der Waals surface area contributed by atoms with E-state index in [9.17, 15) is 13.2 Å². The van der Waals surface area contributed by atoms with Crippen LogP contribution in [0.1, 0.15) is 25.6 Å². The second kappa shape index (κ2) is 5.92. The Morgan fingerprint density at radius 1 is 1.35 bits per heavy atom. The van der Waals surface area contributed by atoms with E-state index >= 15 is 0 Å². The molecule has 0 radical (unpaired) electrons. The van der Waals surface area contributed by atoms with E-state index in [-0.39, 0.29) is 10.9 Å². The summed E-state index contributed by atoms with van der Waals surface area (Å²) in [5, 5.41) is 0.116. The van der Waals surface area contributed by atoms with Gasteiger partial charge in [-0.3, -0.25) is 4.79 Å². The molecule has 0 aromatic carbocycles. The summed E-state index contributed by atoms with van der Waals surface area (Å²) in [6.07, 6.45) is 2.44. The van der Waals surface area contributed by atoms with E-state index in [4.69, 9.17) is 0 Å². The van der Waals surface area contributed by atoms with E-state index < -0.39 is 10.0 Å². The zero-order valence-electron chi connectivity index (χ0n) is 11.8. The number of carbonyl (C=O) groups excluding carboxylic acids is 1. The molecule has 0 saturated carbocycles. The van der Waals surface area contributed by atoms with Crippen LogP contribution in [0.2, 0.25) is 0 Å². The number of H-pyrrole nitrogens is 1. The lowest BCUT2D eigenvalue weighted by molar-refractivity contribution is -0.130. The number of aromatic amines is 1. The number of carbonyl (C=O) groups is 1. The van der Waals surface area contributed by atoms with Crippen LogP contribution in [-0.2, 0) is 14.8 Å². The SMILES string of the molecule is CCC(=O)N1CCCN(S(=O)(=O)c2cnc(C)[nH]2)CC1. The molecule has 0 bridgehead atoms. The molecule has 0 spiro atoms. The molecule has 2 rings (SSSR count). The fourth-order valence-electron chi connectivity index (χ4n) is 2.28. The Hall–Kier alpha value is -1.41. The van der Waals surface area contributed by atoms with Gasteiger partial charge in [0.25, 0.3) is 10.0 Å². The van der Waals surface area contributed by atoms with Crippen molar-refractivity contribution in [2.24, 2.45) is 0 Å². The summed E-state index contributed by atoms with van der Waals surface area (Å²) >= 11 is 0. The van der Waals surface area contributed by atoms with Crippen LogP contribution in [0.3, 0.4) is 0 Å². The van der Waals surface area contributed by atoms with E-state index in [1.165, 1.54) is 10.5 Å². The minimum absolute atomic E-state index is 0.0710. The molecule has 0 aliphatic carbocycles. The van der Waals surface area contributed by atoms with Gasteiger partial charge in [0.1, 0.15) is 5.82 Å². The predicted octanol–water partition coefficient (Wildman–Crippen LogP) is 0.351. The Morgan fingerprint density at radius 2 is 2.10 bits per heavy atom. The number of nitrogens with one attached hydrogen (secondary N) is 1. The number of rotatable bonds is 3. The highest BCUT2D eigenvalue weighted by Gasteiger charge is 2.29. The van der Waals surface area contributed by atoms with Crippen LogP contribution < -0.4 is 0 Å². The molecule has 1 saturated heterocycles.